The van der Waals surface area contributed by atoms with Crippen molar-refractivity contribution in [1.29, 1.82) is 0 Å². The maximum atomic E-state index is 5.10. The Balaban J connectivity index is 0.000000106. The topological polar surface area (TPSA) is 51.9 Å². The number of imidazole rings is 3. The third kappa shape index (κ3) is 12.5. The Hall–Kier alpha value is -16.2. The number of hydrogen-bond acceptors (Lipinski definition) is 3. The molecule has 6 heterocycles. The number of hydrogen-bond donors (Lipinski definition) is 0. The number of rotatable bonds is 9. The fourth-order valence-corrected chi connectivity index (χ4v) is 18.4. The molecule has 0 unspecified atom stereocenters. The van der Waals surface area contributed by atoms with Crippen LogP contribution >= 0.6 is 0 Å². The molecule has 0 aliphatic carbocycles. The lowest BCUT2D eigenvalue weighted by Crippen LogP contribution is -1.88. The summed E-state index contributed by atoms with van der Waals surface area (Å²) in [6.45, 7) is 0. The lowest BCUT2D eigenvalue weighted by molar-refractivity contribution is 1.23. The molecule has 121 heavy (non-hydrogen) atoms. The van der Waals surface area contributed by atoms with Gasteiger partial charge in [0.2, 0.25) is 0 Å². The smallest absolute Gasteiger partial charge is 0.137 e. The first-order valence-electron chi connectivity index (χ1n) is 41.3. The summed E-state index contributed by atoms with van der Waals surface area (Å²) in [5.74, 6) is 0. The third-order valence-corrected chi connectivity index (χ3v) is 24.4. The van der Waals surface area contributed by atoms with Gasteiger partial charge in [0.15, 0.2) is 0 Å². The van der Waals surface area contributed by atoms with E-state index in [1.165, 1.54) is 176 Å². The van der Waals surface area contributed by atoms with E-state index < -0.39 is 0 Å². The number of aromatic nitrogens is 6. The van der Waals surface area contributed by atoms with Crippen LogP contribution < -0.4 is 0 Å². The Morgan fingerprint density at radius 3 is 0.736 bits per heavy atom. The van der Waals surface area contributed by atoms with E-state index in [-0.39, 0.29) is 0 Å². The molecule has 564 valence electrons. The van der Waals surface area contributed by atoms with Gasteiger partial charge in [-0.05, 0) is 222 Å². The van der Waals surface area contributed by atoms with Crippen molar-refractivity contribution in [3.63, 3.8) is 0 Å². The molecular formula is C115H74N6. The predicted molar refractivity (Wildman–Crippen MR) is 510 cm³/mol. The summed E-state index contributed by atoms with van der Waals surface area (Å²) in [5, 5.41) is 17.1. The number of fused-ring (bicyclic) bond motifs is 25. The first-order valence-corrected chi connectivity index (χ1v) is 41.3. The molecule has 0 aliphatic heterocycles. The van der Waals surface area contributed by atoms with Crippen molar-refractivity contribution < 1.29 is 0 Å². The first-order chi connectivity index (χ1) is 60.0. The highest BCUT2D eigenvalue weighted by Gasteiger charge is 2.22. The summed E-state index contributed by atoms with van der Waals surface area (Å²) in [5.41, 5.74) is 31.4. The van der Waals surface area contributed by atoms with E-state index in [4.69, 9.17) is 15.0 Å². The van der Waals surface area contributed by atoms with E-state index in [9.17, 15) is 0 Å². The standard InChI is InChI=1S/C41H26N2.2C37H24N2/c1-2-9-27(10-3-1)31-20-22-35-37(25-31)38-26-32(21-23-36(38)41-40(35)42-39-15-6-7-24-43(39)41)28-16-18-30(19-17-28)34-14-8-12-29-11-4-5-13-33(29)34;1-3-10-25(11-4-1)27-14-9-15-28(22-27)30-18-20-32-34(24-30)33-23-29(26-12-5-2-6-13-26)17-19-31(33)36-37(32)39-21-8-7-16-35(39)38-36;1-3-9-25(10-4-1)27-14-16-28(17-15-27)30-19-21-32-34(24-30)33-23-29(26-11-5-2-6-12-26)18-20-31(33)36-37(32)39-22-8-7-13-35(39)38-36/h1-26H;2*1-24H. The molecule has 6 aromatic heterocycles. The number of benzene rings is 19. The molecule has 0 bridgehead atoms. The van der Waals surface area contributed by atoms with Crippen molar-refractivity contribution in [1.82, 2.24) is 28.2 Å². The van der Waals surface area contributed by atoms with Crippen molar-refractivity contribution >= 4 is 125 Å². The Morgan fingerprint density at radius 2 is 0.372 bits per heavy atom. The Morgan fingerprint density at radius 1 is 0.140 bits per heavy atom. The lowest BCUT2D eigenvalue weighted by atomic mass is 9.92. The van der Waals surface area contributed by atoms with E-state index >= 15 is 0 Å². The van der Waals surface area contributed by atoms with Crippen LogP contribution in [0.2, 0.25) is 0 Å². The Labute approximate surface area is 698 Å². The van der Waals surface area contributed by atoms with Crippen LogP contribution in [0.25, 0.3) is 226 Å². The summed E-state index contributed by atoms with van der Waals surface area (Å²) < 4.78 is 6.66. The van der Waals surface area contributed by atoms with Crippen LogP contribution in [0.1, 0.15) is 0 Å². The minimum Gasteiger partial charge on any atom is -0.299 e. The van der Waals surface area contributed by atoms with Gasteiger partial charge in [0.1, 0.15) is 16.9 Å². The molecule has 0 amide bonds. The average molecular weight is 1540 g/mol. The molecule has 19 aromatic carbocycles. The zero-order valence-electron chi connectivity index (χ0n) is 65.9. The van der Waals surface area contributed by atoms with Gasteiger partial charge in [0.25, 0.3) is 0 Å². The molecule has 0 radical (unpaired) electrons. The molecular weight excluding hydrogens is 1470 g/mol. The number of pyridine rings is 3. The maximum Gasteiger partial charge on any atom is 0.137 e. The van der Waals surface area contributed by atoms with Gasteiger partial charge < -0.3 is 0 Å². The SMILES string of the molecule is c1ccc(-c2ccc(-c3ccc4c(c3)c3cc(-c5ccccc5)ccc3c3nc5ccccn5c43)cc2)cc1.c1ccc(-c2ccc3c(c2)c2cc(-c4ccc(-c5cccc6ccccc56)cc4)ccc2c2c3nc3ccccn32)cc1.c1ccc(-c2cccc(-c3ccc4c(c3)c3cc(-c5ccccc5)ccc3c3nc5ccccn5c43)c2)cc1. The quantitative estimate of drug-likeness (QED) is 0.135. The molecule has 0 N–H and O–H groups in total. The highest BCUT2D eigenvalue weighted by molar-refractivity contribution is 6.28. The second-order valence-electron chi connectivity index (χ2n) is 31.4. The fourth-order valence-electron chi connectivity index (χ4n) is 18.4. The molecule has 6 heteroatoms. The van der Waals surface area contributed by atoms with Gasteiger partial charge in [0.05, 0.1) is 33.1 Å². The summed E-state index contributed by atoms with van der Waals surface area (Å²) in [4.78, 5) is 15.3. The van der Waals surface area contributed by atoms with Crippen LogP contribution in [0.15, 0.2) is 449 Å². The lowest BCUT2D eigenvalue weighted by Gasteiger charge is -2.12. The third-order valence-electron chi connectivity index (χ3n) is 24.4. The van der Waals surface area contributed by atoms with Crippen LogP contribution in [-0.4, -0.2) is 28.2 Å². The summed E-state index contributed by atoms with van der Waals surface area (Å²) in [6.07, 6.45) is 6.35. The van der Waals surface area contributed by atoms with Gasteiger partial charge in [0, 0.05) is 50.9 Å². The van der Waals surface area contributed by atoms with Crippen LogP contribution in [-0.2, 0) is 0 Å². The van der Waals surface area contributed by atoms with E-state index in [2.05, 4.69) is 463 Å². The predicted octanol–water partition coefficient (Wildman–Crippen LogP) is 30.5. The molecule has 0 fully saturated rings. The minimum absolute atomic E-state index is 0.964. The Kier molecular flexibility index (Phi) is 17.2. The van der Waals surface area contributed by atoms with Crippen molar-refractivity contribution in [2.24, 2.45) is 0 Å². The maximum absolute atomic E-state index is 5.10. The first kappa shape index (κ1) is 70.3. The highest BCUT2D eigenvalue weighted by atomic mass is 15.0. The molecule has 0 spiro atoms. The molecule has 0 saturated heterocycles. The highest BCUT2D eigenvalue weighted by Crippen LogP contribution is 2.45. The van der Waals surface area contributed by atoms with Gasteiger partial charge in [-0.2, -0.15) is 0 Å². The van der Waals surface area contributed by atoms with Gasteiger partial charge in [-0.25, -0.2) is 15.0 Å². The van der Waals surface area contributed by atoms with E-state index in [0.717, 1.165) is 50.0 Å². The van der Waals surface area contributed by atoms with Gasteiger partial charge in [-0.3, -0.25) is 13.2 Å². The molecule has 25 aromatic rings. The largest absolute Gasteiger partial charge is 0.299 e. The molecule has 0 atom stereocenters. The van der Waals surface area contributed by atoms with Gasteiger partial charge >= 0.3 is 0 Å². The van der Waals surface area contributed by atoms with Crippen molar-refractivity contribution in [2.75, 3.05) is 0 Å². The fraction of sp³-hybridized carbons (Fsp3) is 0. The van der Waals surface area contributed by atoms with Crippen LogP contribution in [0.5, 0.6) is 0 Å². The second-order valence-corrected chi connectivity index (χ2v) is 31.4. The summed E-state index contributed by atoms with van der Waals surface area (Å²) in [6, 6.07) is 155. The number of nitrogens with zero attached hydrogens (tertiary/aromatic N) is 6. The normalized spacial score (nSPS) is 11.6. The summed E-state index contributed by atoms with van der Waals surface area (Å²) >= 11 is 0. The zero-order valence-corrected chi connectivity index (χ0v) is 65.9. The average Bonchev–Trinajstić information content (AvgIpc) is 1.60. The molecule has 0 saturated carbocycles. The monoisotopic (exact) mass is 1540 g/mol. The molecule has 6 nitrogen and oxygen atoms in total. The van der Waals surface area contributed by atoms with Crippen LogP contribution in [0.3, 0.4) is 0 Å². The Bertz CT molecular complexity index is 8340. The molecule has 0 aliphatic rings. The van der Waals surface area contributed by atoms with Crippen molar-refractivity contribution in [2.45, 2.75) is 0 Å². The minimum atomic E-state index is 0.964. The van der Waals surface area contributed by atoms with E-state index in [1.807, 2.05) is 0 Å². The van der Waals surface area contributed by atoms with Gasteiger partial charge in [-0.15, -0.1) is 0 Å². The summed E-state index contributed by atoms with van der Waals surface area (Å²) in [7, 11) is 0. The van der Waals surface area contributed by atoms with Crippen molar-refractivity contribution in [3.05, 3.63) is 449 Å². The zero-order chi connectivity index (χ0) is 79.9. The second kappa shape index (κ2) is 29.5. The molecule has 25 rings (SSSR count). The van der Waals surface area contributed by atoms with Crippen molar-refractivity contribution in [3.8, 4) is 100 Å². The van der Waals surface area contributed by atoms with E-state index in [1.54, 1.807) is 0 Å². The van der Waals surface area contributed by atoms with Crippen LogP contribution in [0.4, 0.5) is 0 Å². The van der Waals surface area contributed by atoms with Crippen LogP contribution in [0, 0.1) is 0 Å². The van der Waals surface area contributed by atoms with Gasteiger partial charge in [-0.1, -0.05) is 352 Å². The van der Waals surface area contributed by atoms with E-state index in [0.29, 0.717) is 0 Å².